The van der Waals surface area contributed by atoms with Crippen LogP contribution in [0.3, 0.4) is 0 Å². The molecule has 15 atom stereocenters. The monoisotopic (exact) mass is 738 g/mol. The molecule has 3 N–H and O–H groups in total. The Bertz CT molecular complexity index is 1490. The van der Waals surface area contributed by atoms with Crippen LogP contribution in [0.15, 0.2) is 59.3 Å². The molecule has 5 heterocycles. The summed E-state index contributed by atoms with van der Waals surface area (Å²) in [6.45, 7) is 10.2. The fourth-order valence-electron chi connectivity index (χ4n) is 10.5. The second-order valence-electron chi connectivity index (χ2n) is 17.2. The Morgan fingerprint density at radius 3 is 2.47 bits per heavy atom. The summed E-state index contributed by atoms with van der Waals surface area (Å²) in [6, 6.07) is 0. The van der Waals surface area contributed by atoms with Gasteiger partial charge in [0.25, 0.3) is 0 Å². The molecule has 10 nitrogen and oxygen atoms in total. The number of carbonyl (C=O) groups excluding carboxylic acids is 1. The number of aliphatic hydroxyl groups excluding tert-OH is 2. The van der Waals surface area contributed by atoms with Gasteiger partial charge in [0.05, 0.1) is 37.1 Å². The standard InChI is InChI=1S/C43H62O10/c1-24-11-10-14-30-23-49-40-37(44)27(4)19-33(43(30,40)47)41(46)51-32-20-31(16-15-25(2)36(24)34-21-35(48-6)38(45)28(5)50-34)52-42(22-32)18-17-26(3)39(53-42)29-12-8-7-9-13-29/h10-11,14-15,17-19,24,26,28-29,31-40,44-45,47H,7-9,12-13,16,20-23H2,1-6H3/b11-10+,25-15+,30-14+/t24-,26-,28-,31+,32-,33-,34+,35-,36?,37+,38-,39-,40+,42+,43+/m0/s1. The van der Waals surface area contributed by atoms with Crippen molar-refractivity contribution in [1.29, 1.82) is 0 Å². The smallest absolute Gasteiger partial charge is 0.316 e. The van der Waals surface area contributed by atoms with Crippen molar-refractivity contribution in [2.75, 3.05) is 13.7 Å². The molecule has 3 saturated heterocycles. The lowest BCUT2D eigenvalue weighted by Crippen LogP contribution is -2.58. The molecule has 0 aromatic heterocycles. The maximum Gasteiger partial charge on any atom is 0.316 e. The van der Waals surface area contributed by atoms with E-state index >= 15 is 0 Å². The number of hydrogen-bond acceptors (Lipinski definition) is 10. The van der Waals surface area contributed by atoms with Crippen LogP contribution in [0.2, 0.25) is 0 Å². The molecule has 2 bridgehead atoms. The molecule has 0 aromatic rings. The van der Waals surface area contributed by atoms with Crippen LogP contribution < -0.4 is 0 Å². The molecule has 4 fully saturated rings. The Balaban J connectivity index is 1.27. The largest absolute Gasteiger partial charge is 0.462 e. The second-order valence-corrected chi connectivity index (χ2v) is 17.2. The summed E-state index contributed by atoms with van der Waals surface area (Å²) in [5.74, 6) is -2.04. The third-order valence-corrected chi connectivity index (χ3v) is 13.5. The van der Waals surface area contributed by atoms with Crippen molar-refractivity contribution in [2.45, 2.75) is 159 Å². The van der Waals surface area contributed by atoms with E-state index < -0.39 is 53.8 Å². The number of rotatable bonds is 3. The van der Waals surface area contributed by atoms with Crippen molar-refractivity contribution in [3.8, 4) is 0 Å². The van der Waals surface area contributed by atoms with Gasteiger partial charge in [-0.2, -0.15) is 0 Å². The van der Waals surface area contributed by atoms with E-state index in [1.54, 1.807) is 20.1 Å². The molecule has 53 heavy (non-hydrogen) atoms. The third-order valence-electron chi connectivity index (χ3n) is 13.5. The fraction of sp³-hybridized carbons (Fsp3) is 0.744. The Morgan fingerprint density at radius 2 is 1.72 bits per heavy atom. The highest BCUT2D eigenvalue weighted by Crippen LogP contribution is 2.48. The maximum absolute atomic E-state index is 14.3. The predicted octanol–water partition coefficient (Wildman–Crippen LogP) is 5.65. The quantitative estimate of drug-likeness (QED) is 0.247. The molecule has 7 aliphatic rings. The number of ether oxygens (including phenoxy) is 6. The lowest BCUT2D eigenvalue weighted by molar-refractivity contribution is -0.301. The fourth-order valence-corrected chi connectivity index (χ4v) is 10.5. The first kappa shape index (κ1) is 39.1. The SMILES string of the molecule is CO[C@H]1C[C@H](C2/C(C)=C/C[C@@H]3C[C@@H](C[C@]4(C=C[C@H](C)[C@@H](C5CCCCC5)O4)O3)OC(=O)[C@@H]3C=C(C)[C@@H](O)[C@H]4OC/C(=C\C=C\[C@@H]2C)[C@]43O)O[C@@H](C)[C@@H]1O. The minimum Gasteiger partial charge on any atom is -0.462 e. The normalized spacial score (nSPS) is 49.6. The van der Waals surface area contributed by atoms with Crippen molar-refractivity contribution in [3.05, 3.63) is 59.3 Å². The van der Waals surface area contributed by atoms with Crippen LogP contribution in [0.4, 0.5) is 0 Å². The molecule has 10 heteroatoms. The molecule has 5 aliphatic heterocycles. The van der Waals surface area contributed by atoms with Gasteiger partial charge in [-0.1, -0.05) is 75.1 Å². The number of aliphatic hydroxyl groups is 3. The van der Waals surface area contributed by atoms with Crippen LogP contribution in [-0.2, 0) is 33.2 Å². The van der Waals surface area contributed by atoms with Gasteiger partial charge in [-0.25, -0.2) is 0 Å². The molecule has 2 aliphatic carbocycles. The van der Waals surface area contributed by atoms with Gasteiger partial charge in [-0.05, 0) is 69.1 Å². The van der Waals surface area contributed by atoms with Gasteiger partial charge >= 0.3 is 5.97 Å². The minimum atomic E-state index is -1.79. The first-order valence-corrected chi connectivity index (χ1v) is 20.2. The number of carbonyl (C=O) groups is 1. The second kappa shape index (κ2) is 15.8. The van der Waals surface area contributed by atoms with Gasteiger partial charge in [0.2, 0.25) is 0 Å². The molecule has 294 valence electrons. The zero-order valence-electron chi connectivity index (χ0n) is 32.4. The summed E-state index contributed by atoms with van der Waals surface area (Å²) in [7, 11) is 1.63. The van der Waals surface area contributed by atoms with E-state index in [2.05, 4.69) is 39.0 Å². The number of methoxy groups -OCH3 is 1. The van der Waals surface area contributed by atoms with Crippen molar-refractivity contribution >= 4 is 5.97 Å². The van der Waals surface area contributed by atoms with E-state index in [4.69, 9.17) is 28.4 Å². The Kier molecular flexibility index (Phi) is 11.6. The highest BCUT2D eigenvalue weighted by atomic mass is 16.7. The molecule has 1 unspecified atom stereocenters. The molecule has 7 rings (SSSR count). The van der Waals surface area contributed by atoms with E-state index in [0.717, 1.165) is 18.4 Å². The van der Waals surface area contributed by atoms with E-state index in [1.165, 1.54) is 19.3 Å². The Hall–Kier alpha value is -2.15. The zero-order valence-corrected chi connectivity index (χ0v) is 32.4. The first-order valence-electron chi connectivity index (χ1n) is 20.2. The summed E-state index contributed by atoms with van der Waals surface area (Å²) in [5.41, 5.74) is 0.427. The maximum atomic E-state index is 14.3. The lowest BCUT2D eigenvalue weighted by atomic mass is 9.71. The molecule has 0 aromatic carbocycles. The van der Waals surface area contributed by atoms with Gasteiger partial charge in [-0.3, -0.25) is 4.79 Å². The van der Waals surface area contributed by atoms with Crippen LogP contribution >= 0.6 is 0 Å². The van der Waals surface area contributed by atoms with Gasteiger partial charge in [0, 0.05) is 38.2 Å². The molecular formula is C43H62O10. The first-order chi connectivity index (χ1) is 25.3. The van der Waals surface area contributed by atoms with Crippen LogP contribution in [0.25, 0.3) is 0 Å². The number of esters is 1. The van der Waals surface area contributed by atoms with Gasteiger partial charge in [0.15, 0.2) is 5.79 Å². The van der Waals surface area contributed by atoms with Gasteiger partial charge < -0.3 is 43.7 Å². The molecule has 1 spiro atoms. The van der Waals surface area contributed by atoms with Crippen LogP contribution in [0.1, 0.15) is 92.4 Å². The highest BCUT2D eigenvalue weighted by Gasteiger charge is 2.60. The third kappa shape index (κ3) is 7.56. The van der Waals surface area contributed by atoms with Crippen LogP contribution in [0, 0.1) is 29.6 Å². The lowest BCUT2D eigenvalue weighted by Gasteiger charge is -2.49. The van der Waals surface area contributed by atoms with E-state index in [1.807, 2.05) is 25.2 Å². The average molecular weight is 739 g/mol. The van der Waals surface area contributed by atoms with E-state index in [9.17, 15) is 20.1 Å². The molecular weight excluding hydrogens is 676 g/mol. The topological polar surface area (TPSA) is 133 Å². The van der Waals surface area contributed by atoms with Gasteiger partial charge in [-0.15, -0.1) is 0 Å². The van der Waals surface area contributed by atoms with Crippen molar-refractivity contribution in [1.82, 2.24) is 0 Å². The average Bonchev–Trinajstić information content (AvgIpc) is 3.48. The molecule has 1 saturated carbocycles. The summed E-state index contributed by atoms with van der Waals surface area (Å²) >= 11 is 0. The number of allylic oxidation sites excluding steroid dienone is 3. The Labute approximate surface area is 315 Å². The summed E-state index contributed by atoms with van der Waals surface area (Å²) in [4.78, 5) is 14.3. The van der Waals surface area contributed by atoms with Gasteiger partial charge in [0.1, 0.15) is 35.9 Å². The number of hydrogen-bond donors (Lipinski definition) is 3. The minimum absolute atomic E-state index is 0.00675. The van der Waals surface area contributed by atoms with Crippen molar-refractivity contribution in [2.24, 2.45) is 29.6 Å². The van der Waals surface area contributed by atoms with Crippen LogP contribution in [0.5, 0.6) is 0 Å². The summed E-state index contributed by atoms with van der Waals surface area (Å²) < 4.78 is 38.7. The number of fused-ring (bicyclic) bond motifs is 2. The van der Waals surface area contributed by atoms with Crippen LogP contribution in [-0.4, -0.2) is 101 Å². The zero-order chi connectivity index (χ0) is 37.7. The van der Waals surface area contributed by atoms with E-state index in [-0.39, 0.29) is 48.8 Å². The van der Waals surface area contributed by atoms with Crippen molar-refractivity contribution in [3.63, 3.8) is 0 Å². The molecule has 0 amide bonds. The van der Waals surface area contributed by atoms with E-state index in [0.29, 0.717) is 42.7 Å². The highest BCUT2D eigenvalue weighted by molar-refractivity contribution is 5.78. The summed E-state index contributed by atoms with van der Waals surface area (Å²) in [5, 5.41) is 34.4. The van der Waals surface area contributed by atoms with Crippen molar-refractivity contribution < 1.29 is 48.5 Å². The molecule has 0 radical (unpaired) electrons. The predicted molar refractivity (Wildman–Crippen MR) is 198 cm³/mol. The summed E-state index contributed by atoms with van der Waals surface area (Å²) in [6.07, 6.45) is 17.2. The Morgan fingerprint density at radius 1 is 0.943 bits per heavy atom.